The third-order valence-electron chi connectivity index (χ3n) is 5.39. The Morgan fingerprint density at radius 2 is 1.55 bits per heavy atom. The van der Waals surface area contributed by atoms with E-state index in [0.29, 0.717) is 27.0 Å². The first kappa shape index (κ1) is 29.2. The van der Waals surface area contributed by atoms with Crippen molar-refractivity contribution in [3.63, 3.8) is 0 Å². The highest BCUT2D eigenvalue weighted by atomic mass is 35.5. The number of ether oxygens (including phenoxy) is 5. The summed E-state index contributed by atoms with van der Waals surface area (Å²) in [5, 5.41) is 3.96. The third-order valence-corrected chi connectivity index (χ3v) is 6.02. The van der Waals surface area contributed by atoms with Crippen molar-refractivity contribution in [2.45, 2.75) is 58.2 Å². The molecular weight excluding hydrogens is 541 g/mol. The summed E-state index contributed by atoms with van der Waals surface area (Å²) in [7, 11) is 0. The molecule has 0 unspecified atom stereocenters. The molecule has 10 nitrogen and oxygen atoms in total. The molecule has 2 aromatic carbocycles. The van der Waals surface area contributed by atoms with Crippen molar-refractivity contribution in [1.29, 1.82) is 0 Å². The number of hydrogen-bond acceptors (Lipinski definition) is 10. The molecule has 4 atom stereocenters. The van der Waals surface area contributed by atoms with Crippen molar-refractivity contribution < 1.29 is 42.9 Å². The van der Waals surface area contributed by atoms with E-state index in [1.54, 1.807) is 42.5 Å². The highest BCUT2D eigenvalue weighted by Gasteiger charge is 2.45. The number of hydrogen-bond donors (Lipinski definition) is 1. The smallest absolute Gasteiger partial charge is 0.312 e. The maximum atomic E-state index is 12.9. The van der Waals surface area contributed by atoms with Gasteiger partial charge >= 0.3 is 23.9 Å². The molecule has 1 aliphatic rings. The first-order valence-electron chi connectivity index (χ1n) is 11.6. The van der Waals surface area contributed by atoms with Gasteiger partial charge in [-0.1, -0.05) is 47.5 Å². The van der Waals surface area contributed by atoms with Gasteiger partial charge in [-0.15, -0.1) is 0 Å². The predicted octanol–water partition coefficient (Wildman–Crippen LogP) is 4.36. The molecule has 1 heterocycles. The van der Waals surface area contributed by atoms with E-state index in [1.165, 1.54) is 20.8 Å². The van der Waals surface area contributed by atoms with Crippen molar-refractivity contribution in [1.82, 2.24) is 0 Å². The van der Waals surface area contributed by atoms with Crippen LogP contribution >= 0.6 is 23.2 Å². The van der Waals surface area contributed by atoms with Crippen molar-refractivity contribution >= 4 is 58.5 Å². The zero-order valence-corrected chi connectivity index (χ0v) is 22.4. The lowest BCUT2D eigenvalue weighted by Gasteiger charge is -2.39. The van der Waals surface area contributed by atoms with E-state index in [9.17, 15) is 19.2 Å². The number of nitrogens with one attached hydrogen (secondary N) is 1. The monoisotopic (exact) mass is 567 g/mol. The van der Waals surface area contributed by atoms with E-state index in [1.807, 2.05) is 0 Å². The molecule has 12 heteroatoms. The number of para-hydroxylation sites is 2. The van der Waals surface area contributed by atoms with Crippen LogP contribution in [0.15, 0.2) is 42.5 Å². The van der Waals surface area contributed by atoms with Crippen LogP contribution in [0.25, 0.3) is 0 Å². The summed E-state index contributed by atoms with van der Waals surface area (Å²) in [6, 6.07) is 12.1. The average Bonchev–Trinajstić information content (AvgIpc) is 2.82. The fraction of sp³-hybridized carbons (Fsp3) is 0.385. The zero-order chi connectivity index (χ0) is 27.8. The minimum absolute atomic E-state index is 0.102. The summed E-state index contributed by atoms with van der Waals surface area (Å²) in [6.07, 6.45) is -4.54. The van der Waals surface area contributed by atoms with Gasteiger partial charge in [0.25, 0.3) is 0 Å². The Balaban J connectivity index is 1.75. The van der Waals surface area contributed by atoms with E-state index in [4.69, 9.17) is 46.9 Å². The van der Waals surface area contributed by atoms with Gasteiger partial charge in [-0.2, -0.15) is 0 Å². The van der Waals surface area contributed by atoms with E-state index in [2.05, 4.69) is 5.32 Å². The summed E-state index contributed by atoms with van der Waals surface area (Å²) in [6.45, 7) is 3.26. The maximum Gasteiger partial charge on any atom is 0.312 e. The largest absolute Gasteiger partial charge is 0.463 e. The fourth-order valence-corrected chi connectivity index (χ4v) is 4.36. The van der Waals surface area contributed by atoms with E-state index in [-0.39, 0.29) is 19.4 Å². The first-order valence-corrected chi connectivity index (χ1v) is 12.4. The van der Waals surface area contributed by atoms with Crippen LogP contribution in [-0.4, -0.2) is 55.1 Å². The topological polar surface area (TPSA) is 126 Å². The van der Waals surface area contributed by atoms with Crippen LogP contribution in [0.5, 0.6) is 0 Å². The van der Waals surface area contributed by atoms with Gasteiger partial charge in [-0.3, -0.25) is 19.2 Å². The molecule has 0 radical (unpaired) electrons. The van der Waals surface area contributed by atoms with Crippen LogP contribution < -0.4 is 5.32 Å². The SMILES string of the molecule is CC(=O)OC[C@H]1O[C@@H](OC(=O)Cc2ccccc2Nc2c(Cl)cccc2Cl)C[C@@H](OC(C)=O)[C@@H]1OC(C)=O. The Morgan fingerprint density at radius 1 is 0.895 bits per heavy atom. The van der Waals surface area contributed by atoms with E-state index < -0.39 is 48.5 Å². The lowest BCUT2D eigenvalue weighted by atomic mass is 10.0. The molecule has 0 spiro atoms. The van der Waals surface area contributed by atoms with Crippen LogP contribution in [0.2, 0.25) is 10.0 Å². The molecule has 0 aliphatic carbocycles. The molecule has 1 N–H and O–H groups in total. The highest BCUT2D eigenvalue weighted by molar-refractivity contribution is 6.39. The molecule has 0 bridgehead atoms. The quantitative estimate of drug-likeness (QED) is 0.344. The molecule has 1 saturated heterocycles. The number of benzene rings is 2. The molecule has 2 aromatic rings. The normalized spacial score (nSPS) is 20.7. The second-order valence-electron chi connectivity index (χ2n) is 8.41. The lowest BCUT2D eigenvalue weighted by molar-refractivity contribution is -0.260. The summed E-state index contributed by atoms with van der Waals surface area (Å²) >= 11 is 12.5. The van der Waals surface area contributed by atoms with Crippen molar-refractivity contribution in [2.75, 3.05) is 11.9 Å². The van der Waals surface area contributed by atoms with Gasteiger partial charge in [-0.25, -0.2) is 0 Å². The van der Waals surface area contributed by atoms with Crippen LogP contribution in [0.1, 0.15) is 32.8 Å². The molecule has 1 aliphatic heterocycles. The van der Waals surface area contributed by atoms with Gasteiger partial charge in [0.05, 0.1) is 28.6 Å². The number of esters is 4. The predicted molar refractivity (Wildman–Crippen MR) is 137 cm³/mol. The lowest BCUT2D eigenvalue weighted by Crippen LogP contribution is -2.54. The Bertz CT molecular complexity index is 1170. The van der Waals surface area contributed by atoms with Gasteiger partial charge in [0.15, 0.2) is 6.10 Å². The molecule has 3 rings (SSSR count). The van der Waals surface area contributed by atoms with Gasteiger partial charge in [-0.05, 0) is 23.8 Å². The minimum Gasteiger partial charge on any atom is -0.463 e. The molecular formula is C26H27Cl2NO9. The second kappa shape index (κ2) is 13.5. The number of carbonyl (C=O) groups is 4. The van der Waals surface area contributed by atoms with Crippen molar-refractivity contribution in [2.24, 2.45) is 0 Å². The molecule has 204 valence electrons. The third kappa shape index (κ3) is 8.34. The summed E-state index contributed by atoms with van der Waals surface area (Å²) < 4.78 is 27.0. The van der Waals surface area contributed by atoms with Gasteiger partial charge in [0.2, 0.25) is 6.29 Å². The fourth-order valence-electron chi connectivity index (χ4n) is 3.86. The molecule has 0 amide bonds. The standard InChI is InChI=1S/C26H27Cl2NO9/c1-14(30)34-13-22-26(36-16(3)32)21(35-15(2)31)12-24(37-22)38-23(33)11-17-7-4-5-10-20(17)29-25-18(27)8-6-9-19(25)28/h4-10,21-22,24,26,29H,11-13H2,1-3H3/t21-,22-,24+,26+/m1/s1. The molecule has 0 saturated carbocycles. The van der Waals surface area contributed by atoms with Crippen molar-refractivity contribution in [3.05, 3.63) is 58.1 Å². The molecule has 1 fully saturated rings. The van der Waals surface area contributed by atoms with Crippen LogP contribution in [0, 0.1) is 0 Å². The second-order valence-corrected chi connectivity index (χ2v) is 9.22. The Hall–Kier alpha value is -3.34. The van der Waals surface area contributed by atoms with Crippen LogP contribution in [-0.2, 0) is 49.3 Å². The van der Waals surface area contributed by atoms with Crippen molar-refractivity contribution in [3.8, 4) is 0 Å². The van der Waals surface area contributed by atoms with Crippen LogP contribution in [0.3, 0.4) is 0 Å². The van der Waals surface area contributed by atoms with E-state index in [0.717, 1.165) is 0 Å². The number of carbonyl (C=O) groups excluding carboxylic acids is 4. The van der Waals surface area contributed by atoms with E-state index >= 15 is 0 Å². The summed E-state index contributed by atoms with van der Waals surface area (Å²) in [4.78, 5) is 47.6. The molecule has 0 aromatic heterocycles. The summed E-state index contributed by atoms with van der Waals surface area (Å²) in [5.41, 5.74) is 1.67. The Morgan fingerprint density at radius 3 is 2.18 bits per heavy atom. The summed E-state index contributed by atoms with van der Waals surface area (Å²) in [5.74, 6) is -2.53. The zero-order valence-electron chi connectivity index (χ0n) is 20.9. The van der Waals surface area contributed by atoms with Gasteiger partial charge in [0, 0.05) is 26.5 Å². The van der Waals surface area contributed by atoms with Crippen LogP contribution in [0.4, 0.5) is 11.4 Å². The maximum absolute atomic E-state index is 12.9. The average molecular weight is 568 g/mol. The first-order chi connectivity index (χ1) is 18.0. The highest BCUT2D eigenvalue weighted by Crippen LogP contribution is 2.34. The Labute approximate surface area is 229 Å². The molecule has 38 heavy (non-hydrogen) atoms. The Kier molecular flexibility index (Phi) is 10.3. The number of halogens is 2. The van der Waals surface area contributed by atoms with Gasteiger partial charge in [0.1, 0.15) is 18.8 Å². The number of rotatable bonds is 9. The minimum atomic E-state index is -1.17. The van der Waals surface area contributed by atoms with Gasteiger partial charge < -0.3 is 29.0 Å². The number of anilines is 2.